The number of benzene rings is 3. The largest absolute Gasteiger partial charge is 0.481 e. The Kier molecular flexibility index (Phi) is 5.94. The second-order valence-electron chi connectivity index (χ2n) is 8.81. The first-order chi connectivity index (χ1) is 16.9. The van der Waals surface area contributed by atoms with Crippen molar-refractivity contribution < 1.29 is 28.6 Å². The van der Waals surface area contributed by atoms with Crippen molar-refractivity contribution in [1.82, 2.24) is 4.90 Å². The van der Waals surface area contributed by atoms with Crippen LogP contribution in [0.2, 0.25) is 0 Å². The zero-order valence-corrected chi connectivity index (χ0v) is 18.7. The van der Waals surface area contributed by atoms with Crippen LogP contribution in [0.5, 0.6) is 0 Å². The van der Waals surface area contributed by atoms with E-state index in [1.54, 1.807) is 0 Å². The number of rotatable bonds is 6. The van der Waals surface area contributed by atoms with E-state index in [9.17, 15) is 18.8 Å². The lowest BCUT2D eigenvalue weighted by atomic mass is 9.95. The Bertz CT molecular complexity index is 1270. The summed E-state index contributed by atoms with van der Waals surface area (Å²) in [6.45, 7) is 0.644. The zero-order valence-electron chi connectivity index (χ0n) is 18.7. The quantitative estimate of drug-likeness (QED) is 0.538. The van der Waals surface area contributed by atoms with E-state index < -0.39 is 23.8 Å². The number of hydrogen-bond acceptors (Lipinski definition) is 4. The molecule has 1 aliphatic carbocycles. The highest BCUT2D eigenvalue weighted by Crippen LogP contribution is 2.44. The van der Waals surface area contributed by atoms with E-state index in [2.05, 4.69) is 5.32 Å². The number of nitrogens with one attached hydrogen (secondary N) is 1. The first-order valence-electron chi connectivity index (χ1n) is 11.3. The van der Waals surface area contributed by atoms with E-state index >= 15 is 0 Å². The molecule has 1 fully saturated rings. The molecule has 1 aliphatic heterocycles. The van der Waals surface area contributed by atoms with Crippen molar-refractivity contribution >= 4 is 23.7 Å². The maximum atomic E-state index is 13.9. The van der Waals surface area contributed by atoms with Crippen LogP contribution in [0.4, 0.5) is 14.9 Å². The van der Waals surface area contributed by atoms with Crippen LogP contribution >= 0.6 is 0 Å². The molecule has 3 aromatic carbocycles. The van der Waals surface area contributed by atoms with Crippen LogP contribution in [0.25, 0.3) is 11.1 Å². The van der Waals surface area contributed by atoms with Gasteiger partial charge in [-0.1, -0.05) is 48.5 Å². The van der Waals surface area contributed by atoms with E-state index in [1.807, 2.05) is 48.5 Å². The lowest BCUT2D eigenvalue weighted by Crippen LogP contribution is -2.50. The van der Waals surface area contributed by atoms with Crippen molar-refractivity contribution in [1.29, 1.82) is 0 Å². The molecule has 35 heavy (non-hydrogen) atoms. The van der Waals surface area contributed by atoms with Crippen molar-refractivity contribution in [2.24, 2.45) is 5.92 Å². The average Bonchev–Trinajstić information content (AvgIpc) is 3.14. The Morgan fingerprint density at radius 1 is 0.971 bits per heavy atom. The standard InChI is InChI=1S/C27H23FN2O5/c28-17-9-10-24(22(12-17)26(33)30-13-16(14-30)11-25(31)32)29-27(34)35-15-23-20-7-3-1-5-18(20)19-6-2-4-8-21(19)23/h1-10,12,16,23H,11,13-15H2,(H,29,34)(H,31,32). The fourth-order valence-corrected chi connectivity index (χ4v) is 4.83. The molecule has 2 amide bonds. The summed E-state index contributed by atoms with van der Waals surface area (Å²) in [6.07, 6.45) is -0.780. The molecule has 2 aliphatic rings. The van der Waals surface area contributed by atoms with Gasteiger partial charge in [0.15, 0.2) is 0 Å². The smallest absolute Gasteiger partial charge is 0.411 e. The SMILES string of the molecule is O=C(O)CC1CN(C(=O)c2cc(F)ccc2NC(=O)OCC2c3ccccc3-c3ccccc32)C1. The van der Waals surface area contributed by atoms with Gasteiger partial charge in [-0.05, 0) is 40.5 Å². The van der Waals surface area contributed by atoms with Gasteiger partial charge in [0.05, 0.1) is 17.7 Å². The van der Waals surface area contributed by atoms with Gasteiger partial charge in [0, 0.05) is 24.9 Å². The molecular weight excluding hydrogens is 451 g/mol. The maximum Gasteiger partial charge on any atom is 0.411 e. The zero-order chi connectivity index (χ0) is 24.5. The first-order valence-corrected chi connectivity index (χ1v) is 11.3. The van der Waals surface area contributed by atoms with Gasteiger partial charge < -0.3 is 14.7 Å². The number of amides is 2. The van der Waals surface area contributed by atoms with Crippen LogP contribution in [0, 0.1) is 11.7 Å². The Morgan fingerprint density at radius 3 is 2.23 bits per heavy atom. The summed E-state index contributed by atoms with van der Waals surface area (Å²) in [7, 11) is 0. The minimum Gasteiger partial charge on any atom is -0.481 e. The van der Waals surface area contributed by atoms with E-state index in [0.29, 0.717) is 0 Å². The number of carbonyl (C=O) groups excluding carboxylic acids is 2. The molecule has 0 radical (unpaired) electrons. The van der Waals surface area contributed by atoms with Crippen molar-refractivity contribution in [3.63, 3.8) is 0 Å². The van der Waals surface area contributed by atoms with Crippen LogP contribution < -0.4 is 5.32 Å². The number of nitrogens with zero attached hydrogens (tertiary/aromatic N) is 1. The summed E-state index contributed by atoms with van der Waals surface area (Å²) in [5, 5.41) is 11.5. The van der Waals surface area contributed by atoms with Crippen LogP contribution in [-0.4, -0.2) is 47.7 Å². The van der Waals surface area contributed by atoms with Crippen LogP contribution in [0.15, 0.2) is 66.7 Å². The Labute approximate surface area is 201 Å². The van der Waals surface area contributed by atoms with E-state index in [0.717, 1.165) is 34.4 Å². The van der Waals surface area contributed by atoms with Gasteiger partial charge >= 0.3 is 12.1 Å². The highest BCUT2D eigenvalue weighted by atomic mass is 19.1. The second kappa shape index (κ2) is 9.21. The van der Waals surface area contributed by atoms with E-state index in [1.165, 1.54) is 11.0 Å². The monoisotopic (exact) mass is 474 g/mol. The highest BCUT2D eigenvalue weighted by molar-refractivity contribution is 6.03. The topological polar surface area (TPSA) is 95.9 Å². The molecule has 0 spiro atoms. The van der Waals surface area contributed by atoms with Crippen LogP contribution in [0.3, 0.4) is 0 Å². The summed E-state index contributed by atoms with van der Waals surface area (Å²) in [5.41, 5.74) is 4.50. The van der Waals surface area contributed by atoms with Gasteiger partial charge in [-0.3, -0.25) is 14.9 Å². The number of halogens is 1. The first kappa shape index (κ1) is 22.6. The number of anilines is 1. The molecule has 7 nitrogen and oxygen atoms in total. The number of carbonyl (C=O) groups is 3. The summed E-state index contributed by atoms with van der Waals surface area (Å²) in [6, 6.07) is 19.5. The fraction of sp³-hybridized carbons (Fsp3) is 0.222. The predicted octanol–water partition coefficient (Wildman–Crippen LogP) is 4.73. The number of aliphatic carboxylic acids is 1. The minimum absolute atomic E-state index is 0.00715. The van der Waals surface area contributed by atoms with E-state index in [4.69, 9.17) is 9.84 Å². The number of ether oxygens (including phenoxy) is 1. The van der Waals surface area contributed by atoms with Gasteiger partial charge in [0.25, 0.3) is 5.91 Å². The average molecular weight is 474 g/mol. The lowest BCUT2D eigenvalue weighted by Gasteiger charge is -2.38. The Balaban J connectivity index is 1.27. The number of hydrogen-bond donors (Lipinski definition) is 2. The molecule has 1 heterocycles. The molecular formula is C27H23FN2O5. The van der Waals surface area contributed by atoms with Gasteiger partial charge in [-0.25, -0.2) is 9.18 Å². The third kappa shape index (κ3) is 4.47. The normalized spacial score (nSPS) is 14.6. The minimum atomic E-state index is -0.925. The highest BCUT2D eigenvalue weighted by Gasteiger charge is 2.34. The molecule has 0 aromatic heterocycles. The van der Waals surface area contributed by atoms with Gasteiger partial charge in [-0.2, -0.15) is 0 Å². The third-order valence-electron chi connectivity index (χ3n) is 6.50. The molecule has 1 saturated heterocycles. The predicted molar refractivity (Wildman–Crippen MR) is 127 cm³/mol. The van der Waals surface area contributed by atoms with Crippen LogP contribution in [0.1, 0.15) is 33.8 Å². The molecule has 2 N–H and O–H groups in total. The van der Waals surface area contributed by atoms with Gasteiger partial charge in [0.1, 0.15) is 12.4 Å². The molecule has 178 valence electrons. The summed E-state index contributed by atoms with van der Waals surface area (Å²) >= 11 is 0. The Morgan fingerprint density at radius 2 is 1.60 bits per heavy atom. The van der Waals surface area contributed by atoms with Crippen molar-refractivity contribution in [3.05, 3.63) is 89.2 Å². The van der Waals surface area contributed by atoms with Crippen molar-refractivity contribution in [3.8, 4) is 11.1 Å². The number of fused-ring (bicyclic) bond motifs is 3. The molecule has 0 atom stereocenters. The summed E-state index contributed by atoms with van der Waals surface area (Å²) < 4.78 is 19.5. The molecule has 0 unspecified atom stereocenters. The summed E-state index contributed by atoms with van der Waals surface area (Å²) in [4.78, 5) is 37.8. The van der Waals surface area contributed by atoms with Crippen molar-refractivity contribution in [2.45, 2.75) is 12.3 Å². The molecule has 0 bridgehead atoms. The molecule has 8 heteroatoms. The van der Waals surface area contributed by atoms with Gasteiger partial charge in [0.2, 0.25) is 0 Å². The van der Waals surface area contributed by atoms with Crippen molar-refractivity contribution in [2.75, 3.05) is 25.0 Å². The molecule has 0 saturated carbocycles. The maximum absolute atomic E-state index is 13.9. The number of carboxylic acid groups (broad SMARTS) is 1. The Hall–Kier alpha value is -4.20. The number of carboxylic acids is 1. The molecule has 5 rings (SSSR count). The van der Waals surface area contributed by atoms with Gasteiger partial charge in [-0.15, -0.1) is 0 Å². The fourth-order valence-electron chi connectivity index (χ4n) is 4.83. The third-order valence-corrected chi connectivity index (χ3v) is 6.50. The summed E-state index contributed by atoms with van der Waals surface area (Å²) in [5.74, 6) is -2.27. The molecule has 3 aromatic rings. The lowest BCUT2D eigenvalue weighted by molar-refractivity contribution is -0.139. The van der Waals surface area contributed by atoms with E-state index in [-0.39, 0.29) is 49.2 Å². The number of likely N-dealkylation sites (tertiary alicyclic amines) is 1. The van der Waals surface area contributed by atoms with Crippen LogP contribution in [-0.2, 0) is 9.53 Å². The second-order valence-corrected chi connectivity index (χ2v) is 8.81.